The van der Waals surface area contributed by atoms with Crippen LogP contribution in [0.5, 0.6) is 0 Å². The number of nitrogens with zero attached hydrogens (tertiary/aromatic N) is 1. The minimum absolute atomic E-state index is 0.107. The SMILES string of the molecule is O=C(O)C1CN(C(=O)c2ccc(C3SCCS3)cc2)Cc2ccccc21. The van der Waals surface area contributed by atoms with Gasteiger partial charge in [0, 0.05) is 30.2 Å². The highest BCUT2D eigenvalue weighted by Crippen LogP contribution is 2.45. The zero-order chi connectivity index (χ0) is 18.1. The molecule has 6 heteroatoms. The third kappa shape index (κ3) is 3.35. The number of carboxylic acid groups (broad SMARTS) is 1. The van der Waals surface area contributed by atoms with Crippen molar-refractivity contribution < 1.29 is 14.7 Å². The minimum Gasteiger partial charge on any atom is -0.481 e. The second-order valence-corrected chi connectivity index (χ2v) is 9.20. The molecule has 4 nitrogen and oxygen atoms in total. The maximum atomic E-state index is 12.9. The van der Waals surface area contributed by atoms with Crippen molar-refractivity contribution in [3.05, 3.63) is 70.8 Å². The van der Waals surface area contributed by atoms with Gasteiger partial charge in [0.25, 0.3) is 5.91 Å². The molecule has 0 aromatic heterocycles. The van der Waals surface area contributed by atoms with E-state index in [0.717, 1.165) is 11.1 Å². The monoisotopic (exact) mass is 385 g/mol. The molecular weight excluding hydrogens is 366 g/mol. The largest absolute Gasteiger partial charge is 0.481 e. The molecular formula is C20H19NO3S2. The fraction of sp³-hybridized carbons (Fsp3) is 0.300. The van der Waals surface area contributed by atoms with Gasteiger partial charge in [0.05, 0.1) is 10.5 Å². The van der Waals surface area contributed by atoms with Gasteiger partial charge < -0.3 is 10.0 Å². The zero-order valence-electron chi connectivity index (χ0n) is 14.1. The minimum atomic E-state index is -0.888. The third-order valence-electron chi connectivity index (χ3n) is 4.83. The molecule has 1 amide bonds. The lowest BCUT2D eigenvalue weighted by Gasteiger charge is -2.33. The molecule has 4 rings (SSSR count). The zero-order valence-corrected chi connectivity index (χ0v) is 15.8. The fourth-order valence-corrected chi connectivity index (χ4v) is 6.35. The number of carboxylic acids is 1. The number of carbonyl (C=O) groups excluding carboxylic acids is 1. The Morgan fingerprint density at radius 3 is 2.38 bits per heavy atom. The summed E-state index contributed by atoms with van der Waals surface area (Å²) in [6, 6.07) is 15.3. The van der Waals surface area contributed by atoms with Crippen LogP contribution < -0.4 is 0 Å². The van der Waals surface area contributed by atoms with Crippen LogP contribution >= 0.6 is 23.5 Å². The number of hydrogen-bond donors (Lipinski definition) is 1. The van der Waals surface area contributed by atoms with Gasteiger partial charge in [-0.05, 0) is 28.8 Å². The lowest BCUT2D eigenvalue weighted by Crippen LogP contribution is -2.40. The number of benzene rings is 2. The van der Waals surface area contributed by atoms with Crippen molar-refractivity contribution in [2.75, 3.05) is 18.1 Å². The van der Waals surface area contributed by atoms with E-state index in [9.17, 15) is 14.7 Å². The first-order valence-corrected chi connectivity index (χ1v) is 10.7. The Bertz CT molecular complexity index is 831. The summed E-state index contributed by atoms with van der Waals surface area (Å²) in [5, 5.41) is 9.57. The fourth-order valence-electron chi connectivity index (χ4n) is 3.49. The van der Waals surface area contributed by atoms with Gasteiger partial charge in [-0.25, -0.2) is 0 Å². The number of amides is 1. The van der Waals surface area contributed by atoms with E-state index < -0.39 is 11.9 Å². The predicted octanol–water partition coefficient (Wildman–Crippen LogP) is 3.99. The molecule has 2 aliphatic rings. The molecule has 1 atom stereocenters. The Hall–Kier alpha value is -1.92. The predicted molar refractivity (Wildman–Crippen MR) is 106 cm³/mol. The van der Waals surface area contributed by atoms with Crippen LogP contribution in [0.4, 0.5) is 0 Å². The van der Waals surface area contributed by atoms with E-state index in [1.807, 2.05) is 72.1 Å². The normalized spacial score (nSPS) is 20.0. The Kier molecular flexibility index (Phi) is 4.96. The molecule has 1 fully saturated rings. The van der Waals surface area contributed by atoms with E-state index in [2.05, 4.69) is 0 Å². The summed E-state index contributed by atoms with van der Waals surface area (Å²) in [5.41, 5.74) is 3.58. The lowest BCUT2D eigenvalue weighted by atomic mass is 9.89. The van der Waals surface area contributed by atoms with Crippen molar-refractivity contribution in [2.45, 2.75) is 17.0 Å². The summed E-state index contributed by atoms with van der Waals surface area (Å²) < 4.78 is 0.456. The molecule has 1 unspecified atom stereocenters. The smallest absolute Gasteiger partial charge is 0.312 e. The summed E-state index contributed by atoms with van der Waals surface area (Å²) in [7, 11) is 0. The maximum Gasteiger partial charge on any atom is 0.312 e. The second-order valence-electron chi connectivity index (χ2n) is 6.47. The lowest BCUT2D eigenvalue weighted by molar-refractivity contribution is -0.139. The molecule has 1 N–H and O–H groups in total. The molecule has 134 valence electrons. The number of fused-ring (bicyclic) bond motifs is 1. The summed E-state index contributed by atoms with van der Waals surface area (Å²) in [4.78, 5) is 26.3. The highest BCUT2D eigenvalue weighted by molar-refractivity contribution is 8.19. The topological polar surface area (TPSA) is 57.6 Å². The Morgan fingerprint density at radius 1 is 1.00 bits per heavy atom. The molecule has 0 bridgehead atoms. The van der Waals surface area contributed by atoms with Gasteiger partial charge in [0.15, 0.2) is 0 Å². The number of carbonyl (C=O) groups is 2. The van der Waals surface area contributed by atoms with Crippen molar-refractivity contribution >= 4 is 35.4 Å². The molecule has 2 aromatic rings. The van der Waals surface area contributed by atoms with Gasteiger partial charge in [-0.15, -0.1) is 23.5 Å². The molecule has 0 aliphatic carbocycles. The van der Waals surface area contributed by atoms with Gasteiger partial charge >= 0.3 is 5.97 Å². The quantitative estimate of drug-likeness (QED) is 0.866. The van der Waals surface area contributed by atoms with Crippen molar-refractivity contribution in [3.63, 3.8) is 0 Å². The molecule has 2 aromatic carbocycles. The third-order valence-corrected chi connectivity index (χ3v) is 7.94. The van der Waals surface area contributed by atoms with Crippen LogP contribution in [0.25, 0.3) is 0 Å². The van der Waals surface area contributed by atoms with Gasteiger partial charge in [-0.1, -0.05) is 36.4 Å². The molecule has 2 aliphatic heterocycles. The maximum absolute atomic E-state index is 12.9. The molecule has 0 saturated carbocycles. The summed E-state index contributed by atoms with van der Waals surface area (Å²) in [6.07, 6.45) is 0. The van der Waals surface area contributed by atoms with Crippen LogP contribution in [0.3, 0.4) is 0 Å². The number of aliphatic carboxylic acids is 1. The van der Waals surface area contributed by atoms with Gasteiger partial charge in [0.2, 0.25) is 0 Å². The number of rotatable bonds is 3. The van der Waals surface area contributed by atoms with Crippen molar-refractivity contribution in [1.82, 2.24) is 4.90 Å². The highest BCUT2D eigenvalue weighted by Gasteiger charge is 2.32. The van der Waals surface area contributed by atoms with Crippen LogP contribution in [0, 0.1) is 0 Å². The number of hydrogen-bond acceptors (Lipinski definition) is 4. The summed E-state index contributed by atoms with van der Waals surface area (Å²) in [5.74, 6) is 0.665. The van der Waals surface area contributed by atoms with Crippen LogP contribution in [0.1, 0.15) is 37.5 Å². The molecule has 2 heterocycles. The van der Waals surface area contributed by atoms with Crippen molar-refractivity contribution in [2.24, 2.45) is 0 Å². The highest BCUT2D eigenvalue weighted by atomic mass is 32.2. The first-order chi connectivity index (χ1) is 12.6. The molecule has 26 heavy (non-hydrogen) atoms. The van der Waals surface area contributed by atoms with Crippen LogP contribution in [-0.2, 0) is 11.3 Å². The van der Waals surface area contributed by atoms with Crippen molar-refractivity contribution in [3.8, 4) is 0 Å². The molecule has 0 radical (unpaired) electrons. The van der Waals surface area contributed by atoms with Gasteiger partial charge in [0.1, 0.15) is 0 Å². The Morgan fingerprint density at radius 2 is 1.69 bits per heavy atom. The van der Waals surface area contributed by atoms with E-state index >= 15 is 0 Å². The average molecular weight is 386 g/mol. The van der Waals surface area contributed by atoms with E-state index in [-0.39, 0.29) is 12.5 Å². The first-order valence-electron chi connectivity index (χ1n) is 8.56. The van der Waals surface area contributed by atoms with Gasteiger partial charge in [-0.3, -0.25) is 9.59 Å². The van der Waals surface area contributed by atoms with Gasteiger partial charge in [-0.2, -0.15) is 0 Å². The standard InChI is InChI=1S/C20H19NO3S2/c22-18(13-5-7-14(8-6-13)20-25-9-10-26-20)21-11-15-3-1-2-4-16(15)17(12-21)19(23)24/h1-8,17,20H,9-12H2,(H,23,24). The number of thioether (sulfide) groups is 2. The first kappa shape index (κ1) is 17.5. The molecule has 1 saturated heterocycles. The molecule has 0 spiro atoms. The van der Waals surface area contributed by atoms with E-state index in [0.29, 0.717) is 16.7 Å². The van der Waals surface area contributed by atoms with Crippen molar-refractivity contribution in [1.29, 1.82) is 0 Å². The summed E-state index contributed by atoms with van der Waals surface area (Å²) >= 11 is 3.87. The van der Waals surface area contributed by atoms with E-state index in [1.54, 1.807) is 4.90 Å². The summed E-state index contributed by atoms with van der Waals surface area (Å²) in [6.45, 7) is 0.663. The Balaban J connectivity index is 1.55. The second kappa shape index (κ2) is 7.37. The van der Waals surface area contributed by atoms with E-state index in [1.165, 1.54) is 17.1 Å². The average Bonchev–Trinajstić information content (AvgIpc) is 3.21. The van der Waals surface area contributed by atoms with Crippen LogP contribution in [0.15, 0.2) is 48.5 Å². The van der Waals surface area contributed by atoms with E-state index in [4.69, 9.17) is 0 Å². The van der Waals surface area contributed by atoms with Crippen LogP contribution in [-0.4, -0.2) is 39.9 Å². The van der Waals surface area contributed by atoms with Crippen LogP contribution in [0.2, 0.25) is 0 Å². The Labute approximate surface area is 161 Å².